The van der Waals surface area contributed by atoms with Crippen LogP contribution in [0.3, 0.4) is 0 Å². The van der Waals surface area contributed by atoms with Crippen molar-refractivity contribution in [3.63, 3.8) is 0 Å². The zero-order chi connectivity index (χ0) is 21.1. The molecule has 0 unspecified atom stereocenters. The molecule has 0 saturated heterocycles. The van der Waals surface area contributed by atoms with Crippen LogP contribution in [0.25, 0.3) is 34.2 Å². The van der Waals surface area contributed by atoms with E-state index in [-0.39, 0.29) is 11.4 Å². The molecule has 0 bridgehead atoms. The second kappa shape index (κ2) is 7.84. The predicted molar refractivity (Wildman–Crippen MR) is 109 cm³/mol. The van der Waals surface area contributed by atoms with Crippen LogP contribution < -0.4 is 0 Å². The summed E-state index contributed by atoms with van der Waals surface area (Å²) in [5.41, 5.74) is 1.87. The van der Waals surface area contributed by atoms with Crippen molar-refractivity contribution in [3.8, 4) is 34.2 Å². The van der Waals surface area contributed by atoms with E-state index in [0.29, 0.717) is 28.6 Å². The zero-order valence-corrected chi connectivity index (χ0v) is 15.4. The van der Waals surface area contributed by atoms with Crippen molar-refractivity contribution in [2.24, 2.45) is 0 Å². The molecule has 0 aliphatic heterocycles. The minimum absolute atomic E-state index is 0.0355. The first-order chi connectivity index (χ1) is 14.5. The van der Waals surface area contributed by atoms with Crippen LogP contribution in [0.5, 0.6) is 0 Å². The summed E-state index contributed by atoms with van der Waals surface area (Å²) in [5, 5.41) is 21.8. The Morgan fingerprint density at radius 2 is 0.833 bits per heavy atom. The highest BCUT2D eigenvalue weighted by Crippen LogP contribution is 2.26. The predicted octanol–water partition coefficient (Wildman–Crippen LogP) is 4.69. The highest BCUT2D eigenvalue weighted by molar-refractivity contribution is 5.67. The standard InChI is InChI=1S/C21H13N5O4/c27-25(28)17-10-6-15(7-11-17)20-22-19(14-4-2-1-3-5-14)23-21(24-20)16-8-12-18(13-9-16)26(29)30/h1-13H. The Labute approximate surface area is 170 Å². The van der Waals surface area contributed by atoms with Crippen LogP contribution >= 0.6 is 0 Å². The molecule has 3 aromatic carbocycles. The quantitative estimate of drug-likeness (QED) is 0.352. The molecule has 0 amide bonds. The molecular formula is C21H13N5O4. The highest BCUT2D eigenvalue weighted by atomic mass is 16.6. The van der Waals surface area contributed by atoms with Crippen LogP contribution in [0, 0.1) is 20.2 Å². The summed E-state index contributed by atoms with van der Waals surface area (Å²) in [6.07, 6.45) is 0. The van der Waals surface area contributed by atoms with Gasteiger partial charge in [0.2, 0.25) is 0 Å². The number of nitro benzene ring substituents is 2. The Hall–Kier alpha value is -4.53. The second-order valence-corrected chi connectivity index (χ2v) is 6.28. The van der Waals surface area contributed by atoms with Gasteiger partial charge in [0, 0.05) is 41.0 Å². The van der Waals surface area contributed by atoms with E-state index in [9.17, 15) is 20.2 Å². The van der Waals surface area contributed by atoms with Gasteiger partial charge in [0.25, 0.3) is 11.4 Å². The summed E-state index contributed by atoms with van der Waals surface area (Å²) in [5.74, 6) is 1.10. The molecule has 1 aromatic heterocycles. The van der Waals surface area contributed by atoms with Gasteiger partial charge in [-0.15, -0.1) is 0 Å². The molecule has 0 spiro atoms. The van der Waals surface area contributed by atoms with Gasteiger partial charge in [0.15, 0.2) is 17.5 Å². The van der Waals surface area contributed by atoms with Crippen molar-refractivity contribution < 1.29 is 9.85 Å². The topological polar surface area (TPSA) is 125 Å². The third-order valence-corrected chi connectivity index (χ3v) is 4.34. The molecule has 1 heterocycles. The number of non-ortho nitro benzene ring substituents is 2. The Kier molecular flexibility index (Phi) is 4.92. The maximum absolute atomic E-state index is 10.9. The molecule has 0 aliphatic carbocycles. The third kappa shape index (κ3) is 3.85. The molecular weight excluding hydrogens is 386 g/mol. The molecule has 0 saturated carbocycles. The number of benzene rings is 3. The van der Waals surface area contributed by atoms with Gasteiger partial charge in [-0.25, -0.2) is 15.0 Å². The van der Waals surface area contributed by atoms with Crippen molar-refractivity contribution in [1.29, 1.82) is 0 Å². The number of aromatic nitrogens is 3. The number of rotatable bonds is 5. The van der Waals surface area contributed by atoms with E-state index in [4.69, 9.17) is 0 Å². The Morgan fingerprint density at radius 3 is 1.17 bits per heavy atom. The lowest BCUT2D eigenvalue weighted by molar-refractivity contribution is -0.385. The molecule has 0 radical (unpaired) electrons. The molecule has 30 heavy (non-hydrogen) atoms. The van der Waals surface area contributed by atoms with Crippen LogP contribution in [-0.4, -0.2) is 24.8 Å². The van der Waals surface area contributed by atoms with E-state index in [0.717, 1.165) is 5.56 Å². The average molecular weight is 399 g/mol. The van der Waals surface area contributed by atoms with E-state index < -0.39 is 9.85 Å². The number of hydrogen-bond acceptors (Lipinski definition) is 7. The monoisotopic (exact) mass is 399 g/mol. The summed E-state index contributed by atoms with van der Waals surface area (Å²) >= 11 is 0. The highest BCUT2D eigenvalue weighted by Gasteiger charge is 2.14. The first kappa shape index (κ1) is 18.8. The van der Waals surface area contributed by atoms with E-state index >= 15 is 0 Å². The zero-order valence-electron chi connectivity index (χ0n) is 15.4. The van der Waals surface area contributed by atoms with Crippen LogP contribution in [0.2, 0.25) is 0 Å². The maximum atomic E-state index is 10.9. The Balaban J connectivity index is 1.84. The molecule has 9 heteroatoms. The summed E-state index contributed by atoms with van der Waals surface area (Å²) in [4.78, 5) is 34.4. The lowest BCUT2D eigenvalue weighted by Gasteiger charge is -2.08. The molecule has 146 valence electrons. The summed E-state index contributed by atoms with van der Waals surface area (Å²) < 4.78 is 0. The lowest BCUT2D eigenvalue weighted by atomic mass is 10.1. The first-order valence-electron chi connectivity index (χ1n) is 8.82. The fourth-order valence-corrected chi connectivity index (χ4v) is 2.81. The number of nitrogens with zero attached hydrogens (tertiary/aromatic N) is 5. The SMILES string of the molecule is O=[N+]([O-])c1ccc(-c2nc(-c3ccccc3)nc(-c3ccc([N+](=O)[O-])cc3)n2)cc1. The van der Waals surface area contributed by atoms with Crippen molar-refractivity contribution in [1.82, 2.24) is 15.0 Å². The number of hydrogen-bond donors (Lipinski definition) is 0. The third-order valence-electron chi connectivity index (χ3n) is 4.34. The van der Waals surface area contributed by atoms with Crippen LogP contribution in [0.1, 0.15) is 0 Å². The minimum Gasteiger partial charge on any atom is -0.258 e. The second-order valence-electron chi connectivity index (χ2n) is 6.28. The summed E-state index contributed by atoms with van der Waals surface area (Å²) in [6, 6.07) is 21.1. The first-order valence-corrected chi connectivity index (χ1v) is 8.82. The van der Waals surface area contributed by atoms with Crippen LogP contribution in [0.4, 0.5) is 11.4 Å². The largest absolute Gasteiger partial charge is 0.269 e. The lowest BCUT2D eigenvalue weighted by Crippen LogP contribution is -2.00. The van der Waals surface area contributed by atoms with Crippen molar-refractivity contribution >= 4 is 11.4 Å². The average Bonchev–Trinajstić information content (AvgIpc) is 2.79. The Morgan fingerprint density at radius 1 is 0.500 bits per heavy atom. The minimum atomic E-state index is -0.477. The molecule has 0 aliphatic rings. The van der Waals surface area contributed by atoms with Gasteiger partial charge in [0.1, 0.15) is 0 Å². The van der Waals surface area contributed by atoms with Gasteiger partial charge >= 0.3 is 0 Å². The number of nitro groups is 2. The molecule has 0 fully saturated rings. The fraction of sp³-hybridized carbons (Fsp3) is 0. The molecule has 4 aromatic rings. The van der Waals surface area contributed by atoms with Crippen LogP contribution in [-0.2, 0) is 0 Å². The van der Waals surface area contributed by atoms with Gasteiger partial charge in [0.05, 0.1) is 9.85 Å². The smallest absolute Gasteiger partial charge is 0.258 e. The van der Waals surface area contributed by atoms with E-state index in [2.05, 4.69) is 15.0 Å². The van der Waals surface area contributed by atoms with Gasteiger partial charge in [-0.05, 0) is 24.3 Å². The van der Waals surface area contributed by atoms with Crippen LogP contribution in [0.15, 0.2) is 78.9 Å². The van der Waals surface area contributed by atoms with Crippen molar-refractivity contribution in [2.45, 2.75) is 0 Å². The van der Waals surface area contributed by atoms with E-state index in [1.807, 2.05) is 30.3 Å². The summed E-state index contributed by atoms with van der Waals surface area (Å²) in [7, 11) is 0. The molecule has 0 atom stereocenters. The molecule has 4 rings (SSSR count). The van der Waals surface area contributed by atoms with Gasteiger partial charge in [-0.1, -0.05) is 30.3 Å². The molecule has 0 N–H and O–H groups in total. The van der Waals surface area contributed by atoms with Gasteiger partial charge in [-0.3, -0.25) is 20.2 Å². The summed E-state index contributed by atoms with van der Waals surface area (Å²) in [6.45, 7) is 0. The van der Waals surface area contributed by atoms with E-state index in [1.165, 1.54) is 24.3 Å². The van der Waals surface area contributed by atoms with Gasteiger partial charge < -0.3 is 0 Å². The normalized spacial score (nSPS) is 10.5. The van der Waals surface area contributed by atoms with Crippen molar-refractivity contribution in [2.75, 3.05) is 0 Å². The maximum Gasteiger partial charge on any atom is 0.269 e. The molecule has 9 nitrogen and oxygen atoms in total. The van der Waals surface area contributed by atoms with E-state index in [1.54, 1.807) is 24.3 Å². The fourth-order valence-electron chi connectivity index (χ4n) is 2.81. The Bertz CT molecular complexity index is 1150. The van der Waals surface area contributed by atoms with Crippen molar-refractivity contribution in [3.05, 3.63) is 99.1 Å². The van der Waals surface area contributed by atoms with Gasteiger partial charge in [-0.2, -0.15) is 0 Å².